The molecular formula is C24H23N7. The van der Waals surface area contributed by atoms with Crippen LogP contribution in [0, 0.1) is 20.8 Å². The highest BCUT2D eigenvalue weighted by Gasteiger charge is 2.16. The molecule has 4 aromatic heterocycles. The maximum absolute atomic E-state index is 4.91. The Morgan fingerprint density at radius 2 is 1.87 bits per heavy atom. The highest BCUT2D eigenvalue weighted by Crippen LogP contribution is 2.29. The quantitative estimate of drug-likeness (QED) is 0.439. The number of H-pyrrole nitrogens is 1. The normalized spacial score (nSPS) is 11.2. The standard InChI is InChI=1S/C24H23N7/c1-15-7-9-19(11-16(15)2)25-12-21-29-23(18-8-10-22-26-14-27-31(22)13-18)24(30-21)20-6-4-5-17(3)28-20/h4-11,13-14,25H,12H2,1-3H3,(H,29,30). The van der Waals surface area contributed by atoms with Crippen LogP contribution in [0.25, 0.3) is 28.3 Å². The van der Waals surface area contributed by atoms with Crippen LogP contribution >= 0.6 is 0 Å². The molecule has 0 bridgehead atoms. The summed E-state index contributed by atoms with van der Waals surface area (Å²) >= 11 is 0. The first-order valence-corrected chi connectivity index (χ1v) is 10.2. The lowest BCUT2D eigenvalue weighted by atomic mass is 10.1. The van der Waals surface area contributed by atoms with Gasteiger partial charge in [-0.05, 0) is 68.3 Å². The predicted molar refractivity (Wildman–Crippen MR) is 122 cm³/mol. The van der Waals surface area contributed by atoms with E-state index in [0.717, 1.165) is 45.5 Å². The van der Waals surface area contributed by atoms with Crippen LogP contribution in [0.2, 0.25) is 0 Å². The molecule has 7 heteroatoms. The molecule has 0 unspecified atom stereocenters. The molecule has 5 rings (SSSR count). The number of hydrogen-bond donors (Lipinski definition) is 2. The lowest BCUT2D eigenvalue weighted by Gasteiger charge is -2.07. The number of rotatable bonds is 5. The minimum absolute atomic E-state index is 0.576. The fourth-order valence-electron chi connectivity index (χ4n) is 3.58. The first kappa shape index (κ1) is 19.0. The highest BCUT2D eigenvalue weighted by atomic mass is 15.3. The van der Waals surface area contributed by atoms with E-state index in [1.165, 1.54) is 11.1 Å². The van der Waals surface area contributed by atoms with Gasteiger partial charge in [-0.3, -0.25) is 4.98 Å². The van der Waals surface area contributed by atoms with Crippen molar-refractivity contribution in [1.29, 1.82) is 0 Å². The number of pyridine rings is 2. The van der Waals surface area contributed by atoms with Gasteiger partial charge in [0.2, 0.25) is 0 Å². The van der Waals surface area contributed by atoms with Crippen LogP contribution in [0.4, 0.5) is 5.69 Å². The van der Waals surface area contributed by atoms with Crippen molar-refractivity contribution < 1.29 is 0 Å². The molecule has 7 nitrogen and oxygen atoms in total. The number of hydrogen-bond acceptors (Lipinski definition) is 5. The van der Waals surface area contributed by atoms with Gasteiger partial charge in [0.25, 0.3) is 0 Å². The molecule has 0 atom stereocenters. The largest absolute Gasteiger partial charge is 0.378 e. The van der Waals surface area contributed by atoms with Crippen molar-refractivity contribution in [1.82, 2.24) is 29.5 Å². The van der Waals surface area contributed by atoms with Crippen LogP contribution in [0.1, 0.15) is 22.6 Å². The first-order chi connectivity index (χ1) is 15.1. The monoisotopic (exact) mass is 409 g/mol. The summed E-state index contributed by atoms with van der Waals surface area (Å²) in [7, 11) is 0. The van der Waals surface area contributed by atoms with E-state index in [1.807, 2.05) is 43.5 Å². The second kappa shape index (κ2) is 7.68. The smallest absolute Gasteiger partial charge is 0.155 e. The minimum atomic E-state index is 0.576. The number of nitrogens with one attached hydrogen (secondary N) is 2. The van der Waals surface area contributed by atoms with Gasteiger partial charge in [-0.1, -0.05) is 12.1 Å². The molecule has 2 N–H and O–H groups in total. The fraction of sp³-hybridized carbons (Fsp3) is 0.167. The van der Waals surface area contributed by atoms with Gasteiger partial charge < -0.3 is 10.3 Å². The van der Waals surface area contributed by atoms with Crippen LogP contribution in [-0.2, 0) is 6.54 Å². The molecule has 0 spiro atoms. The summed E-state index contributed by atoms with van der Waals surface area (Å²) in [4.78, 5) is 17.3. The number of aryl methyl sites for hydroxylation is 3. The van der Waals surface area contributed by atoms with Gasteiger partial charge in [0.05, 0.1) is 23.6 Å². The number of imidazole rings is 1. The first-order valence-electron chi connectivity index (χ1n) is 10.2. The van der Waals surface area contributed by atoms with Crippen molar-refractivity contribution in [2.45, 2.75) is 27.3 Å². The van der Waals surface area contributed by atoms with Gasteiger partial charge in [0, 0.05) is 23.1 Å². The van der Waals surface area contributed by atoms with E-state index in [9.17, 15) is 0 Å². The maximum Gasteiger partial charge on any atom is 0.155 e. The van der Waals surface area contributed by atoms with Crippen LogP contribution in [0.5, 0.6) is 0 Å². The van der Waals surface area contributed by atoms with E-state index in [1.54, 1.807) is 10.8 Å². The van der Waals surface area contributed by atoms with Crippen molar-refractivity contribution in [2.24, 2.45) is 0 Å². The third kappa shape index (κ3) is 3.77. The Labute approximate surface area is 180 Å². The zero-order valence-corrected chi connectivity index (χ0v) is 17.7. The van der Waals surface area contributed by atoms with Crippen molar-refractivity contribution >= 4 is 11.3 Å². The molecule has 0 saturated heterocycles. The van der Waals surface area contributed by atoms with E-state index in [2.05, 4.69) is 52.4 Å². The molecule has 4 heterocycles. The van der Waals surface area contributed by atoms with Crippen molar-refractivity contribution in [3.05, 3.63) is 83.7 Å². The Morgan fingerprint density at radius 3 is 2.71 bits per heavy atom. The molecule has 1 aromatic carbocycles. The molecular weight excluding hydrogens is 386 g/mol. The van der Waals surface area contributed by atoms with Gasteiger partial charge in [0.1, 0.15) is 12.2 Å². The third-order valence-electron chi connectivity index (χ3n) is 5.41. The number of benzene rings is 1. The SMILES string of the molecule is Cc1cccc(-c2[nH]c(CNc3ccc(C)c(C)c3)nc2-c2ccc3ncnn3c2)n1. The number of nitrogens with zero attached hydrogens (tertiary/aromatic N) is 5. The molecule has 0 saturated carbocycles. The third-order valence-corrected chi connectivity index (χ3v) is 5.41. The maximum atomic E-state index is 4.91. The van der Waals surface area contributed by atoms with E-state index < -0.39 is 0 Å². The molecule has 0 aliphatic rings. The van der Waals surface area contributed by atoms with Gasteiger partial charge >= 0.3 is 0 Å². The molecule has 0 aliphatic heterocycles. The van der Waals surface area contributed by atoms with Crippen LogP contribution in [-0.4, -0.2) is 29.5 Å². The van der Waals surface area contributed by atoms with Gasteiger partial charge in [-0.25, -0.2) is 14.5 Å². The zero-order valence-electron chi connectivity index (χ0n) is 17.7. The summed E-state index contributed by atoms with van der Waals surface area (Å²) in [6.45, 7) is 6.80. The van der Waals surface area contributed by atoms with Crippen LogP contribution in [0.3, 0.4) is 0 Å². The Hall–Kier alpha value is -4.00. The summed E-state index contributed by atoms with van der Waals surface area (Å²) in [6, 6.07) is 16.3. The summed E-state index contributed by atoms with van der Waals surface area (Å²) in [6.07, 6.45) is 3.49. The van der Waals surface area contributed by atoms with Gasteiger partial charge in [-0.15, -0.1) is 0 Å². The Morgan fingerprint density at radius 1 is 0.968 bits per heavy atom. The Bertz CT molecular complexity index is 1380. The minimum Gasteiger partial charge on any atom is -0.378 e. The van der Waals surface area contributed by atoms with Gasteiger partial charge in [-0.2, -0.15) is 5.10 Å². The number of fused-ring (bicyclic) bond motifs is 1. The second-order valence-corrected chi connectivity index (χ2v) is 7.70. The highest BCUT2D eigenvalue weighted by molar-refractivity contribution is 5.77. The van der Waals surface area contributed by atoms with E-state index >= 15 is 0 Å². The van der Waals surface area contributed by atoms with E-state index in [0.29, 0.717) is 6.54 Å². The average Bonchev–Trinajstić information content (AvgIpc) is 3.41. The summed E-state index contributed by atoms with van der Waals surface area (Å²) in [5.74, 6) is 0.838. The molecule has 31 heavy (non-hydrogen) atoms. The topological polar surface area (TPSA) is 83.8 Å². The van der Waals surface area contributed by atoms with Crippen LogP contribution < -0.4 is 5.32 Å². The number of aromatic nitrogens is 6. The average molecular weight is 409 g/mol. The lowest BCUT2D eigenvalue weighted by Crippen LogP contribution is -2.01. The van der Waals surface area contributed by atoms with Crippen molar-refractivity contribution in [3.8, 4) is 22.6 Å². The summed E-state index contributed by atoms with van der Waals surface area (Å²) in [5.41, 5.74) is 8.90. The molecule has 0 fully saturated rings. The molecule has 154 valence electrons. The number of anilines is 1. The number of aromatic amines is 1. The fourth-order valence-corrected chi connectivity index (χ4v) is 3.58. The lowest BCUT2D eigenvalue weighted by molar-refractivity contribution is 0.960. The van der Waals surface area contributed by atoms with Crippen molar-refractivity contribution in [3.63, 3.8) is 0 Å². The van der Waals surface area contributed by atoms with Crippen LogP contribution in [0.15, 0.2) is 61.1 Å². The molecule has 0 radical (unpaired) electrons. The Balaban J connectivity index is 1.53. The molecule has 0 aliphatic carbocycles. The molecule has 5 aromatic rings. The molecule has 0 amide bonds. The van der Waals surface area contributed by atoms with Crippen molar-refractivity contribution in [2.75, 3.05) is 5.32 Å². The predicted octanol–water partition coefficient (Wildman–Crippen LogP) is 4.72. The van der Waals surface area contributed by atoms with E-state index in [4.69, 9.17) is 9.97 Å². The summed E-state index contributed by atoms with van der Waals surface area (Å²) in [5, 5.41) is 7.73. The zero-order chi connectivity index (χ0) is 21.4. The second-order valence-electron chi connectivity index (χ2n) is 7.70. The Kier molecular flexibility index (Phi) is 4.71. The summed E-state index contributed by atoms with van der Waals surface area (Å²) < 4.78 is 1.75. The van der Waals surface area contributed by atoms with Gasteiger partial charge in [0.15, 0.2) is 5.65 Å². The van der Waals surface area contributed by atoms with E-state index in [-0.39, 0.29) is 0 Å².